The van der Waals surface area contributed by atoms with Gasteiger partial charge in [0.05, 0.1) is 50.0 Å². The number of halogens is 3. The van der Waals surface area contributed by atoms with E-state index in [9.17, 15) is 23.2 Å². The van der Waals surface area contributed by atoms with Gasteiger partial charge in [-0.2, -0.15) is 28.8 Å². The normalized spacial score (nSPS) is 13.8. The highest BCUT2D eigenvalue weighted by molar-refractivity contribution is 5.96. The third-order valence-electron chi connectivity index (χ3n) is 8.03. The number of alkyl halides is 3. The number of quaternary nitrogens is 1. The number of morpholine rings is 1. The van der Waals surface area contributed by atoms with Crippen LogP contribution in [0.4, 0.5) is 24.7 Å². The van der Waals surface area contributed by atoms with Crippen molar-refractivity contribution < 1.29 is 41.8 Å². The smallest absolute Gasteiger partial charge is 0.435 e. The van der Waals surface area contributed by atoms with Crippen LogP contribution in [0.25, 0.3) is 16.9 Å². The summed E-state index contributed by atoms with van der Waals surface area (Å²) < 4.78 is 55.6. The Morgan fingerprint density at radius 3 is 2.64 bits per heavy atom. The monoisotopic (exact) mass is 696 g/mol. The van der Waals surface area contributed by atoms with Gasteiger partial charge in [0.2, 0.25) is 0 Å². The SMILES string of the molecule is CCc1cc(Nc2nccn3c(-c4cn(CC#N)nc4C(F)(F)F)cnc23)ccc1C(=O)NCCOCC[N+]1(CC#N)CCOCC1.O=C[O-]. The minimum absolute atomic E-state index is 0.136. The average Bonchev–Trinajstić information content (AvgIpc) is 3.72. The topological polar surface area (TPSA) is 195 Å². The van der Waals surface area contributed by atoms with Gasteiger partial charge >= 0.3 is 6.18 Å². The van der Waals surface area contributed by atoms with E-state index in [0.717, 1.165) is 23.3 Å². The first kappa shape index (κ1) is 37.3. The molecule has 264 valence electrons. The van der Waals surface area contributed by atoms with Crippen molar-refractivity contribution in [3.63, 3.8) is 0 Å². The van der Waals surface area contributed by atoms with E-state index in [-0.39, 0.29) is 29.4 Å². The molecule has 4 heterocycles. The molecule has 1 saturated heterocycles. The fourth-order valence-electron chi connectivity index (χ4n) is 5.53. The van der Waals surface area contributed by atoms with Gasteiger partial charge < -0.3 is 34.5 Å². The number of nitrogens with zero attached hydrogens (tertiary/aromatic N) is 8. The molecule has 0 atom stereocenters. The second kappa shape index (κ2) is 17.2. The lowest BCUT2D eigenvalue weighted by atomic mass is 10.0. The third kappa shape index (κ3) is 9.11. The molecule has 0 saturated carbocycles. The zero-order chi connectivity index (χ0) is 36.1. The van der Waals surface area contributed by atoms with Crippen molar-refractivity contribution in [1.82, 2.24) is 29.5 Å². The number of carbonyl (C=O) groups excluding carboxylic acids is 2. The molecule has 1 amide bonds. The molecule has 4 aromatic rings. The van der Waals surface area contributed by atoms with Crippen LogP contribution >= 0.6 is 0 Å². The first-order chi connectivity index (χ1) is 24.1. The summed E-state index contributed by atoms with van der Waals surface area (Å²) in [6.45, 7) is 6.18. The maximum atomic E-state index is 13.8. The Morgan fingerprint density at radius 2 is 1.96 bits per heavy atom. The van der Waals surface area contributed by atoms with Gasteiger partial charge in [0.1, 0.15) is 32.2 Å². The Bertz CT molecular complexity index is 1860. The molecule has 1 aromatic carbocycles. The van der Waals surface area contributed by atoms with E-state index >= 15 is 0 Å². The van der Waals surface area contributed by atoms with Crippen LogP contribution in [-0.2, 0) is 33.4 Å². The largest absolute Gasteiger partial charge is 0.554 e. The average molecular weight is 697 g/mol. The number of aromatic nitrogens is 5. The number of benzene rings is 1. The number of hydrogen-bond acceptors (Lipinski definition) is 11. The van der Waals surface area contributed by atoms with Gasteiger partial charge in [-0.1, -0.05) is 6.92 Å². The van der Waals surface area contributed by atoms with Gasteiger partial charge in [-0.05, 0) is 30.2 Å². The zero-order valence-corrected chi connectivity index (χ0v) is 27.1. The van der Waals surface area contributed by atoms with E-state index in [1.165, 1.54) is 29.2 Å². The van der Waals surface area contributed by atoms with Crippen LogP contribution in [0.2, 0.25) is 0 Å². The summed E-state index contributed by atoms with van der Waals surface area (Å²) in [7, 11) is 0. The molecular formula is C32H35F3N10O5. The summed E-state index contributed by atoms with van der Waals surface area (Å²) in [6, 6.07) is 9.29. The van der Waals surface area contributed by atoms with Crippen molar-refractivity contribution in [2.75, 3.05) is 64.5 Å². The number of nitrogens with one attached hydrogen (secondary N) is 2. The molecule has 1 fully saturated rings. The third-order valence-corrected chi connectivity index (χ3v) is 8.03. The molecular weight excluding hydrogens is 661 g/mol. The van der Waals surface area contributed by atoms with Crippen LogP contribution in [0.1, 0.15) is 28.5 Å². The van der Waals surface area contributed by atoms with Crippen molar-refractivity contribution in [3.8, 4) is 23.4 Å². The Morgan fingerprint density at radius 1 is 1.20 bits per heavy atom. The number of nitriles is 2. The first-order valence-electron chi connectivity index (χ1n) is 15.5. The van der Waals surface area contributed by atoms with Crippen LogP contribution in [0, 0.1) is 22.7 Å². The van der Waals surface area contributed by atoms with Crippen LogP contribution < -0.4 is 15.7 Å². The summed E-state index contributed by atoms with van der Waals surface area (Å²) in [5.74, 6) is 0.0535. The summed E-state index contributed by atoms with van der Waals surface area (Å²) in [5, 5.41) is 36.0. The van der Waals surface area contributed by atoms with Crippen molar-refractivity contribution >= 4 is 29.5 Å². The molecule has 2 N–H and O–H groups in total. The molecule has 0 spiro atoms. The Labute approximate surface area is 285 Å². The molecule has 5 rings (SSSR count). The number of amides is 1. The molecule has 0 bridgehead atoms. The van der Waals surface area contributed by atoms with E-state index in [0.29, 0.717) is 74.0 Å². The van der Waals surface area contributed by atoms with Crippen molar-refractivity contribution in [3.05, 3.63) is 59.8 Å². The number of hydrogen-bond donors (Lipinski definition) is 2. The lowest BCUT2D eigenvalue weighted by molar-refractivity contribution is -0.929. The van der Waals surface area contributed by atoms with Crippen LogP contribution in [0.3, 0.4) is 0 Å². The van der Waals surface area contributed by atoms with Crippen molar-refractivity contribution in [2.24, 2.45) is 0 Å². The number of fused-ring (bicyclic) bond motifs is 1. The first-order valence-corrected chi connectivity index (χ1v) is 15.5. The number of anilines is 2. The van der Waals surface area contributed by atoms with Gasteiger partial charge in [0.15, 0.2) is 23.7 Å². The summed E-state index contributed by atoms with van der Waals surface area (Å²) in [5.41, 5.74) is 0.976. The van der Waals surface area contributed by atoms with E-state index < -0.39 is 18.3 Å². The lowest BCUT2D eigenvalue weighted by Crippen LogP contribution is -2.56. The van der Waals surface area contributed by atoms with E-state index in [1.807, 2.05) is 13.0 Å². The number of carboxylic acid groups (broad SMARTS) is 1. The molecule has 50 heavy (non-hydrogen) atoms. The Hall–Kier alpha value is -5.56. The van der Waals surface area contributed by atoms with Crippen LogP contribution in [0.15, 0.2) is 43.0 Å². The Kier molecular flexibility index (Phi) is 12.8. The molecule has 1 aliphatic rings. The number of imidazole rings is 1. The fourth-order valence-corrected chi connectivity index (χ4v) is 5.53. The van der Waals surface area contributed by atoms with E-state index in [4.69, 9.17) is 24.6 Å². The molecule has 15 nitrogen and oxygen atoms in total. The second-order valence-corrected chi connectivity index (χ2v) is 11.1. The highest BCUT2D eigenvalue weighted by Crippen LogP contribution is 2.37. The molecule has 18 heteroatoms. The van der Waals surface area contributed by atoms with Gasteiger partial charge in [-0.25, -0.2) is 9.97 Å². The number of ether oxygens (including phenoxy) is 2. The molecule has 0 aliphatic carbocycles. The fraction of sp³-hybridized carbons (Fsp3) is 0.406. The van der Waals surface area contributed by atoms with Gasteiger partial charge in [0, 0.05) is 42.9 Å². The maximum absolute atomic E-state index is 13.8. The van der Waals surface area contributed by atoms with E-state index in [2.05, 4.69) is 31.8 Å². The maximum Gasteiger partial charge on any atom is 0.435 e. The molecule has 1 aliphatic heterocycles. The Balaban J connectivity index is 0.00000181. The van der Waals surface area contributed by atoms with Gasteiger partial charge in [0.25, 0.3) is 5.91 Å². The number of aryl methyl sites for hydroxylation is 1. The minimum Gasteiger partial charge on any atom is -0.554 e. The minimum atomic E-state index is -4.74. The van der Waals surface area contributed by atoms with Gasteiger partial charge in [-0.15, -0.1) is 0 Å². The van der Waals surface area contributed by atoms with Gasteiger partial charge in [-0.3, -0.25) is 13.9 Å². The van der Waals surface area contributed by atoms with Crippen LogP contribution in [-0.4, -0.2) is 100 Å². The van der Waals surface area contributed by atoms with Crippen LogP contribution in [0.5, 0.6) is 0 Å². The summed E-state index contributed by atoms with van der Waals surface area (Å²) in [4.78, 5) is 29.9. The molecule has 0 unspecified atom stereocenters. The predicted molar refractivity (Wildman–Crippen MR) is 169 cm³/mol. The summed E-state index contributed by atoms with van der Waals surface area (Å²) in [6.07, 6.45) is 1.23. The highest BCUT2D eigenvalue weighted by Gasteiger charge is 2.38. The number of carbonyl (C=O) groups is 2. The highest BCUT2D eigenvalue weighted by atomic mass is 19.4. The second-order valence-electron chi connectivity index (χ2n) is 11.1. The van der Waals surface area contributed by atoms with Crippen molar-refractivity contribution in [2.45, 2.75) is 26.1 Å². The quantitative estimate of drug-likeness (QED) is 0.0897. The standard InChI is InChI=1S/C31H33F3N10O3.CH2O2/c1-2-22-19-23(3-4-24(22)30(45)38-8-15-46-16-12-44(11-6-36)13-17-47-18-14-44)40-28-29-39-20-26(43(29)10-7-37-28)25-21-42(9-5-35)41-27(25)31(32,33)34;2-1-3/h3-4,7,10,19-21H,2,8-9,11-18H2,1H3,(H-,37,38,40,45);1H,(H,2,3). The zero-order valence-electron chi connectivity index (χ0n) is 27.1. The summed E-state index contributed by atoms with van der Waals surface area (Å²) >= 11 is 0. The predicted octanol–water partition coefficient (Wildman–Crippen LogP) is 1.92. The molecule has 0 radical (unpaired) electrons. The lowest BCUT2D eigenvalue weighted by Gasteiger charge is -2.39. The number of rotatable bonds is 13. The van der Waals surface area contributed by atoms with Crippen molar-refractivity contribution in [1.29, 1.82) is 10.5 Å². The van der Waals surface area contributed by atoms with E-state index in [1.54, 1.807) is 18.2 Å². The molecule has 3 aromatic heterocycles.